The Hall–Kier alpha value is -0.770. The predicted octanol–water partition coefficient (Wildman–Crippen LogP) is 2.03. The van der Waals surface area contributed by atoms with Crippen molar-refractivity contribution in [3.05, 3.63) is 22.6 Å². The van der Waals surface area contributed by atoms with E-state index in [1.807, 2.05) is 0 Å². The summed E-state index contributed by atoms with van der Waals surface area (Å²) in [7, 11) is 0. The number of rotatable bonds is 4. The molecule has 0 bridgehead atoms. The van der Waals surface area contributed by atoms with Gasteiger partial charge in [-0.05, 0) is 28.1 Å². The fourth-order valence-electron chi connectivity index (χ4n) is 2.16. The number of carbonyl (C=O) groups excluding carboxylic acids is 1. The Morgan fingerprint density at radius 3 is 2.55 bits per heavy atom. The van der Waals surface area contributed by atoms with Crippen molar-refractivity contribution in [3.8, 4) is 0 Å². The number of amides is 1. The largest absolute Gasteiger partial charge is 0.444 e. The van der Waals surface area contributed by atoms with E-state index in [0.29, 0.717) is 30.8 Å². The number of nitrogens with one attached hydrogen (secondary N) is 2. The van der Waals surface area contributed by atoms with Gasteiger partial charge in [0.25, 0.3) is 5.91 Å². The number of nitrogens with zero attached hydrogens (tertiary/aromatic N) is 1. The minimum absolute atomic E-state index is 0. The molecule has 1 atom stereocenters. The van der Waals surface area contributed by atoms with Crippen molar-refractivity contribution in [1.82, 2.24) is 15.5 Å². The first-order chi connectivity index (χ1) is 9.88. The van der Waals surface area contributed by atoms with Crippen molar-refractivity contribution in [2.24, 2.45) is 0 Å². The van der Waals surface area contributed by atoms with E-state index >= 15 is 0 Å². The lowest BCUT2D eigenvalue weighted by Gasteiger charge is -2.35. The van der Waals surface area contributed by atoms with E-state index in [-0.39, 0.29) is 18.2 Å². The van der Waals surface area contributed by atoms with E-state index in [1.165, 1.54) is 17.0 Å². The lowest BCUT2D eigenvalue weighted by Crippen LogP contribution is -2.57. The fraction of sp³-hybridized carbons (Fsp3) is 0.583. The van der Waals surface area contributed by atoms with Crippen LogP contribution in [0.4, 0.5) is 13.2 Å². The molecule has 1 unspecified atom stereocenters. The topological polar surface area (TPSA) is 57.5 Å². The van der Waals surface area contributed by atoms with E-state index in [0.717, 1.165) is 0 Å². The molecule has 22 heavy (non-hydrogen) atoms. The van der Waals surface area contributed by atoms with Gasteiger partial charge >= 0.3 is 6.18 Å². The van der Waals surface area contributed by atoms with E-state index in [4.69, 9.17) is 4.42 Å². The van der Waals surface area contributed by atoms with Crippen LogP contribution >= 0.6 is 28.3 Å². The van der Waals surface area contributed by atoms with Crippen molar-refractivity contribution in [3.63, 3.8) is 0 Å². The molecule has 1 saturated heterocycles. The highest BCUT2D eigenvalue weighted by Gasteiger charge is 2.43. The quantitative estimate of drug-likeness (QED) is 0.803. The number of alkyl halides is 3. The minimum Gasteiger partial charge on any atom is -0.444 e. The second-order valence-corrected chi connectivity index (χ2v) is 5.44. The maximum Gasteiger partial charge on any atom is 0.405 e. The van der Waals surface area contributed by atoms with Crippen LogP contribution in [0.3, 0.4) is 0 Å². The van der Waals surface area contributed by atoms with Crippen LogP contribution in [0, 0.1) is 0 Å². The van der Waals surface area contributed by atoms with Crippen LogP contribution in [0.15, 0.2) is 21.2 Å². The molecule has 10 heteroatoms. The van der Waals surface area contributed by atoms with Gasteiger partial charge in [0.2, 0.25) is 0 Å². The van der Waals surface area contributed by atoms with Crippen LogP contribution < -0.4 is 10.6 Å². The molecule has 0 aliphatic carbocycles. The molecular weight excluding hydrogens is 391 g/mol. The zero-order valence-electron chi connectivity index (χ0n) is 11.5. The Kier molecular flexibility index (Phi) is 7.17. The maximum atomic E-state index is 13.1. The third kappa shape index (κ3) is 5.15. The van der Waals surface area contributed by atoms with Crippen LogP contribution in [0.2, 0.25) is 0 Å². The van der Waals surface area contributed by atoms with Crippen LogP contribution in [0.5, 0.6) is 0 Å². The monoisotopic (exact) mass is 405 g/mol. The average molecular weight is 407 g/mol. The molecule has 1 amide bonds. The van der Waals surface area contributed by atoms with E-state index in [1.54, 1.807) is 0 Å². The van der Waals surface area contributed by atoms with Gasteiger partial charge in [-0.3, -0.25) is 9.69 Å². The van der Waals surface area contributed by atoms with Crippen LogP contribution in [0.25, 0.3) is 0 Å². The highest BCUT2D eigenvalue weighted by molar-refractivity contribution is 9.10. The Morgan fingerprint density at radius 2 is 2.05 bits per heavy atom. The minimum atomic E-state index is -4.39. The highest BCUT2D eigenvalue weighted by atomic mass is 79.9. The van der Waals surface area contributed by atoms with E-state index < -0.39 is 24.7 Å². The Labute approximate surface area is 140 Å². The number of halogens is 5. The zero-order chi connectivity index (χ0) is 15.5. The summed E-state index contributed by atoms with van der Waals surface area (Å²) in [5, 5.41) is 5.28. The van der Waals surface area contributed by atoms with Gasteiger partial charge in [0.15, 0.2) is 10.4 Å². The van der Waals surface area contributed by atoms with Crippen molar-refractivity contribution < 1.29 is 22.4 Å². The predicted molar refractivity (Wildman–Crippen MR) is 80.3 cm³/mol. The fourth-order valence-corrected chi connectivity index (χ4v) is 2.47. The van der Waals surface area contributed by atoms with Crippen molar-refractivity contribution in [2.45, 2.75) is 12.2 Å². The molecule has 126 valence electrons. The molecule has 5 nitrogen and oxygen atoms in total. The van der Waals surface area contributed by atoms with E-state index in [2.05, 4.69) is 26.6 Å². The van der Waals surface area contributed by atoms with Gasteiger partial charge in [-0.2, -0.15) is 13.2 Å². The van der Waals surface area contributed by atoms with Crippen LogP contribution in [0.1, 0.15) is 10.6 Å². The number of carbonyl (C=O) groups is 1. The molecule has 1 aliphatic heterocycles. The number of furan rings is 1. The molecule has 1 fully saturated rings. The van der Waals surface area contributed by atoms with Crippen molar-refractivity contribution in [2.75, 3.05) is 32.7 Å². The van der Waals surface area contributed by atoms with Crippen molar-refractivity contribution in [1.29, 1.82) is 0 Å². The summed E-state index contributed by atoms with van der Waals surface area (Å²) in [5.41, 5.74) is 0. The highest BCUT2D eigenvalue weighted by Crippen LogP contribution is 2.25. The van der Waals surface area contributed by atoms with Crippen molar-refractivity contribution >= 4 is 34.2 Å². The lowest BCUT2D eigenvalue weighted by molar-refractivity contribution is -0.183. The Balaban J connectivity index is 0.00000242. The molecule has 1 aliphatic rings. The molecule has 0 spiro atoms. The molecule has 0 radical (unpaired) electrons. The molecular formula is C12H16BrClF3N3O2. The molecule has 2 heterocycles. The third-order valence-corrected chi connectivity index (χ3v) is 3.65. The molecule has 1 aromatic rings. The molecule has 1 aromatic heterocycles. The summed E-state index contributed by atoms with van der Waals surface area (Å²) in [6.45, 7) is 1.11. The summed E-state index contributed by atoms with van der Waals surface area (Å²) in [6, 6.07) is 1.21. The summed E-state index contributed by atoms with van der Waals surface area (Å²) in [6.07, 6.45) is -4.39. The van der Waals surface area contributed by atoms with Gasteiger partial charge in [-0.25, -0.2) is 0 Å². The van der Waals surface area contributed by atoms with Gasteiger partial charge in [0, 0.05) is 32.7 Å². The van der Waals surface area contributed by atoms with Gasteiger partial charge in [-0.15, -0.1) is 12.4 Å². The van der Waals surface area contributed by atoms with Gasteiger partial charge in [-0.1, -0.05) is 0 Å². The Bertz CT molecular complexity index is 492. The normalized spacial score (nSPS) is 17.6. The third-order valence-electron chi connectivity index (χ3n) is 3.22. The molecule has 0 saturated carbocycles. The number of hydrogen-bond donors (Lipinski definition) is 2. The maximum absolute atomic E-state index is 13.1. The summed E-state index contributed by atoms with van der Waals surface area (Å²) < 4.78 is 44.7. The average Bonchev–Trinajstić information content (AvgIpc) is 2.85. The standard InChI is InChI=1S/C12H15BrF3N3O2.ClH/c13-10-2-1-8(21-10)11(20)18-7-9(12(14,15)16)19-5-3-17-4-6-19;/h1-2,9,17H,3-7H2,(H,18,20);1H. The van der Waals surface area contributed by atoms with E-state index in [9.17, 15) is 18.0 Å². The first kappa shape index (κ1) is 19.3. The van der Waals surface area contributed by atoms with Crippen LogP contribution in [-0.2, 0) is 0 Å². The molecule has 0 aromatic carbocycles. The second-order valence-electron chi connectivity index (χ2n) is 4.66. The van der Waals surface area contributed by atoms with Crippen LogP contribution in [-0.4, -0.2) is 55.7 Å². The first-order valence-electron chi connectivity index (χ1n) is 6.43. The molecule has 2 rings (SSSR count). The zero-order valence-corrected chi connectivity index (χ0v) is 13.9. The summed E-state index contributed by atoms with van der Waals surface area (Å²) in [5.74, 6) is -0.687. The SMILES string of the molecule is Cl.O=C(NCC(N1CCNCC1)C(F)(F)F)c1ccc(Br)o1. The second kappa shape index (κ2) is 8.19. The summed E-state index contributed by atoms with van der Waals surface area (Å²) in [4.78, 5) is 13.1. The number of piperazine rings is 1. The van der Waals surface area contributed by atoms with Gasteiger partial charge in [0.1, 0.15) is 6.04 Å². The molecule has 2 N–H and O–H groups in total. The lowest BCUT2D eigenvalue weighted by atomic mass is 10.2. The first-order valence-corrected chi connectivity index (χ1v) is 7.22. The Morgan fingerprint density at radius 1 is 1.41 bits per heavy atom. The summed E-state index contributed by atoms with van der Waals surface area (Å²) >= 11 is 3.03. The van der Waals surface area contributed by atoms with Gasteiger partial charge in [0.05, 0.1) is 0 Å². The number of hydrogen-bond acceptors (Lipinski definition) is 4. The van der Waals surface area contributed by atoms with Gasteiger partial charge < -0.3 is 15.1 Å². The smallest absolute Gasteiger partial charge is 0.405 e.